The number of carbonyl (C=O) groups excluding carboxylic acids is 1. The van der Waals surface area contributed by atoms with Crippen LogP contribution in [0.5, 0.6) is 0 Å². The molecule has 0 N–H and O–H groups in total. The molecule has 0 atom stereocenters. The molecule has 4 heterocycles. The molecule has 4 aromatic rings. The molecule has 9 heteroatoms. The molecule has 0 bridgehead atoms. The summed E-state index contributed by atoms with van der Waals surface area (Å²) >= 11 is 0. The highest BCUT2D eigenvalue weighted by Crippen LogP contribution is 2.25. The van der Waals surface area contributed by atoms with E-state index in [2.05, 4.69) is 10.2 Å². The highest BCUT2D eigenvalue weighted by Gasteiger charge is 2.23. The summed E-state index contributed by atoms with van der Waals surface area (Å²) in [5.41, 5.74) is 1.04. The molecule has 1 saturated heterocycles. The second-order valence-electron chi connectivity index (χ2n) is 8.37. The van der Waals surface area contributed by atoms with Gasteiger partial charge in [0.15, 0.2) is 5.82 Å². The monoisotopic (exact) mass is 448 g/mol. The molecule has 1 aliphatic heterocycles. The van der Waals surface area contributed by atoms with Gasteiger partial charge in [0, 0.05) is 25.5 Å². The lowest BCUT2D eigenvalue weighted by atomic mass is 10.2. The van der Waals surface area contributed by atoms with E-state index in [-0.39, 0.29) is 12.5 Å². The lowest BCUT2D eigenvalue weighted by Crippen LogP contribution is -2.38. The van der Waals surface area contributed by atoms with E-state index in [1.54, 1.807) is 40.7 Å². The second-order valence-corrected chi connectivity index (χ2v) is 8.37. The predicted octanol–water partition coefficient (Wildman–Crippen LogP) is 3.22. The fourth-order valence-corrected chi connectivity index (χ4v) is 4.42. The van der Waals surface area contributed by atoms with Crippen LogP contribution in [0.1, 0.15) is 31.4 Å². The molecule has 1 aromatic carbocycles. The van der Waals surface area contributed by atoms with Crippen molar-refractivity contribution in [3.05, 3.63) is 70.7 Å². The smallest absolute Gasteiger partial charge is 0.280 e. The fourth-order valence-electron chi connectivity index (χ4n) is 4.42. The van der Waals surface area contributed by atoms with E-state index in [1.165, 1.54) is 16.8 Å². The topological polar surface area (TPSA) is 78.0 Å². The van der Waals surface area contributed by atoms with Gasteiger partial charge in [0.25, 0.3) is 5.56 Å². The molecule has 1 amide bonds. The molecule has 3 aromatic heterocycles. The second kappa shape index (κ2) is 8.65. The number of hydrogen-bond acceptors (Lipinski definition) is 4. The third-order valence-electron chi connectivity index (χ3n) is 6.07. The quantitative estimate of drug-likeness (QED) is 0.480. The average molecular weight is 449 g/mol. The number of carbonyl (C=O) groups is 1. The molecule has 0 saturated carbocycles. The van der Waals surface area contributed by atoms with E-state index >= 15 is 0 Å². The number of likely N-dealkylation sites (tertiary alicyclic amines) is 1. The predicted molar refractivity (Wildman–Crippen MR) is 122 cm³/mol. The van der Waals surface area contributed by atoms with Crippen LogP contribution < -0.4 is 5.56 Å². The Morgan fingerprint density at radius 3 is 2.45 bits per heavy atom. The van der Waals surface area contributed by atoms with Crippen molar-refractivity contribution in [2.45, 2.75) is 39.2 Å². The highest BCUT2D eigenvalue weighted by atomic mass is 19.1. The van der Waals surface area contributed by atoms with E-state index in [1.807, 2.05) is 17.0 Å². The van der Waals surface area contributed by atoms with Gasteiger partial charge in [-0.25, -0.2) is 13.8 Å². The van der Waals surface area contributed by atoms with Crippen LogP contribution in [-0.2, 0) is 11.3 Å². The van der Waals surface area contributed by atoms with Gasteiger partial charge >= 0.3 is 0 Å². The number of rotatable bonds is 4. The Kier molecular flexibility index (Phi) is 5.53. The first-order valence-electron chi connectivity index (χ1n) is 11.2. The number of fused-ring (bicyclic) bond motifs is 1. The molecule has 1 fully saturated rings. The Morgan fingerprint density at radius 1 is 1.03 bits per heavy atom. The van der Waals surface area contributed by atoms with Crippen LogP contribution in [0.3, 0.4) is 0 Å². The van der Waals surface area contributed by atoms with Gasteiger partial charge in [-0.2, -0.15) is 10.2 Å². The summed E-state index contributed by atoms with van der Waals surface area (Å²) in [7, 11) is 0. The van der Waals surface area contributed by atoms with Crippen molar-refractivity contribution in [1.29, 1.82) is 0 Å². The molecule has 0 radical (unpaired) electrons. The molecule has 0 unspecified atom stereocenters. The molecule has 5 rings (SSSR count). The lowest BCUT2D eigenvalue weighted by Gasteiger charge is -2.20. The van der Waals surface area contributed by atoms with Crippen molar-refractivity contribution in [1.82, 2.24) is 29.0 Å². The minimum absolute atomic E-state index is 0.106. The molecule has 8 nitrogen and oxygen atoms in total. The molecule has 33 heavy (non-hydrogen) atoms. The Morgan fingerprint density at radius 2 is 1.76 bits per heavy atom. The number of benzene rings is 1. The number of nitrogens with zero attached hydrogens (tertiary/aromatic N) is 6. The van der Waals surface area contributed by atoms with Crippen molar-refractivity contribution >= 4 is 16.8 Å². The van der Waals surface area contributed by atoms with E-state index in [9.17, 15) is 14.0 Å². The molecule has 0 aliphatic carbocycles. The van der Waals surface area contributed by atoms with E-state index < -0.39 is 11.4 Å². The Bertz CT molecular complexity index is 1360. The van der Waals surface area contributed by atoms with E-state index in [0.29, 0.717) is 41.2 Å². The maximum Gasteiger partial charge on any atom is 0.280 e. The zero-order valence-electron chi connectivity index (χ0n) is 18.4. The standard InChI is InChI=1S/C24H25FN6O2/c1-17-22-21(24(33)30(26-17)16-20(32)28-11-4-2-3-5-12-28)23(29-13-6-7-14-29)31(27-22)19-10-8-9-18(25)15-19/h6-10,13-15H,2-5,11-12,16H2,1H3. The van der Waals surface area contributed by atoms with E-state index in [0.717, 1.165) is 25.7 Å². The summed E-state index contributed by atoms with van der Waals surface area (Å²) in [5, 5.41) is 9.36. The van der Waals surface area contributed by atoms with Gasteiger partial charge in [-0.1, -0.05) is 18.9 Å². The fraction of sp³-hybridized carbons (Fsp3) is 0.333. The normalized spacial score (nSPS) is 14.5. The molecule has 1 aliphatic rings. The van der Waals surface area contributed by atoms with Gasteiger partial charge in [-0.05, 0) is 50.1 Å². The maximum absolute atomic E-state index is 14.0. The Balaban J connectivity index is 1.66. The molecule has 170 valence electrons. The molecular formula is C24H25FN6O2. The summed E-state index contributed by atoms with van der Waals surface area (Å²) in [4.78, 5) is 28.4. The zero-order chi connectivity index (χ0) is 22.9. The molecular weight excluding hydrogens is 423 g/mol. The van der Waals surface area contributed by atoms with Gasteiger partial charge in [-0.15, -0.1) is 0 Å². The SMILES string of the molecule is Cc1nn(CC(=O)N2CCCCCC2)c(=O)c2c(-n3cccc3)n(-c3cccc(F)c3)nc12. The van der Waals surface area contributed by atoms with Crippen molar-refractivity contribution in [2.75, 3.05) is 13.1 Å². The van der Waals surface area contributed by atoms with Gasteiger partial charge in [0.2, 0.25) is 5.91 Å². The van der Waals surface area contributed by atoms with Crippen LogP contribution in [0.25, 0.3) is 22.4 Å². The minimum Gasteiger partial charge on any atom is -0.341 e. The van der Waals surface area contributed by atoms with Crippen LogP contribution in [0.2, 0.25) is 0 Å². The van der Waals surface area contributed by atoms with Crippen molar-refractivity contribution in [3.8, 4) is 11.5 Å². The third-order valence-corrected chi connectivity index (χ3v) is 6.07. The van der Waals surface area contributed by atoms with Gasteiger partial charge in [0.05, 0.1) is 11.4 Å². The number of aryl methyl sites for hydroxylation is 1. The lowest BCUT2D eigenvalue weighted by molar-refractivity contribution is -0.132. The van der Waals surface area contributed by atoms with Crippen LogP contribution in [0.15, 0.2) is 53.6 Å². The highest BCUT2D eigenvalue weighted by molar-refractivity contribution is 5.88. The first kappa shape index (κ1) is 21.1. The van der Waals surface area contributed by atoms with Gasteiger partial charge in [-0.3, -0.25) is 9.59 Å². The number of halogens is 1. The summed E-state index contributed by atoms with van der Waals surface area (Å²) in [6.45, 7) is 3.06. The minimum atomic E-state index is -0.402. The first-order valence-corrected chi connectivity index (χ1v) is 11.2. The van der Waals surface area contributed by atoms with Crippen molar-refractivity contribution in [3.63, 3.8) is 0 Å². The first-order chi connectivity index (χ1) is 16.0. The van der Waals surface area contributed by atoms with Crippen LogP contribution >= 0.6 is 0 Å². The largest absolute Gasteiger partial charge is 0.341 e. The van der Waals surface area contributed by atoms with Crippen LogP contribution in [0.4, 0.5) is 4.39 Å². The number of hydrogen-bond donors (Lipinski definition) is 0. The number of aromatic nitrogens is 5. The Hall–Kier alpha value is -3.75. The Labute approximate surface area is 189 Å². The summed E-state index contributed by atoms with van der Waals surface area (Å²) < 4.78 is 18.5. The average Bonchev–Trinajstić information content (AvgIpc) is 3.38. The van der Waals surface area contributed by atoms with Crippen LogP contribution in [0, 0.1) is 12.7 Å². The summed E-state index contributed by atoms with van der Waals surface area (Å²) in [6, 6.07) is 9.72. The van der Waals surface area contributed by atoms with Gasteiger partial charge < -0.3 is 9.47 Å². The zero-order valence-corrected chi connectivity index (χ0v) is 18.4. The summed E-state index contributed by atoms with van der Waals surface area (Å²) in [5.74, 6) is -0.0295. The van der Waals surface area contributed by atoms with Crippen molar-refractivity contribution < 1.29 is 9.18 Å². The van der Waals surface area contributed by atoms with Crippen molar-refractivity contribution in [2.24, 2.45) is 0 Å². The maximum atomic E-state index is 14.0. The third kappa shape index (κ3) is 3.94. The van der Waals surface area contributed by atoms with E-state index in [4.69, 9.17) is 0 Å². The number of amides is 1. The summed E-state index contributed by atoms with van der Waals surface area (Å²) in [6.07, 6.45) is 7.79. The van der Waals surface area contributed by atoms with Crippen LogP contribution in [-0.4, -0.2) is 48.0 Å². The molecule has 0 spiro atoms. The van der Waals surface area contributed by atoms with Gasteiger partial charge in [0.1, 0.15) is 23.3 Å².